The molecule has 6 heteroatoms. The number of carbonyl (C=O) groups is 3. The Kier molecular flexibility index (Phi) is 67.6. The van der Waals surface area contributed by atoms with E-state index >= 15 is 0 Å². The highest BCUT2D eigenvalue weighted by Gasteiger charge is 2.19. The van der Waals surface area contributed by atoms with E-state index in [2.05, 4.69) is 93.7 Å². The first kappa shape index (κ1) is 78.8. The van der Waals surface area contributed by atoms with Crippen molar-refractivity contribution in [2.24, 2.45) is 0 Å². The molecule has 0 N–H and O–H groups in total. The fourth-order valence-electron chi connectivity index (χ4n) is 10.5. The highest BCUT2D eigenvalue weighted by Crippen LogP contribution is 2.17. The molecule has 0 heterocycles. The lowest BCUT2D eigenvalue weighted by molar-refractivity contribution is -0.167. The summed E-state index contributed by atoms with van der Waals surface area (Å²) in [5, 5.41) is 0. The Balaban J connectivity index is 4.23. The molecule has 0 aliphatic carbocycles. The van der Waals surface area contributed by atoms with Gasteiger partial charge in [-0.1, -0.05) is 312 Å². The van der Waals surface area contributed by atoms with Crippen molar-refractivity contribution < 1.29 is 28.6 Å². The minimum absolute atomic E-state index is 0.0783. The normalized spacial score (nSPS) is 12.5. The van der Waals surface area contributed by atoms with E-state index < -0.39 is 6.10 Å². The van der Waals surface area contributed by atoms with Crippen LogP contribution in [0.25, 0.3) is 0 Å². The van der Waals surface area contributed by atoms with E-state index in [0.717, 1.165) is 89.9 Å². The van der Waals surface area contributed by atoms with Crippen LogP contribution in [0.3, 0.4) is 0 Å². The van der Waals surface area contributed by atoms with Gasteiger partial charge in [0.2, 0.25) is 0 Å². The summed E-state index contributed by atoms with van der Waals surface area (Å²) in [5.41, 5.74) is 0. The molecule has 0 saturated heterocycles. The first-order chi connectivity index (χ1) is 40.5. The lowest BCUT2D eigenvalue weighted by Gasteiger charge is -2.18. The van der Waals surface area contributed by atoms with Crippen molar-refractivity contribution in [2.75, 3.05) is 13.2 Å². The molecule has 0 radical (unpaired) electrons. The zero-order valence-corrected chi connectivity index (χ0v) is 54.8. The van der Waals surface area contributed by atoms with Crippen molar-refractivity contribution in [3.05, 3.63) is 72.9 Å². The molecule has 0 aliphatic heterocycles. The van der Waals surface area contributed by atoms with Gasteiger partial charge in [0.25, 0.3) is 0 Å². The summed E-state index contributed by atoms with van der Waals surface area (Å²) in [6, 6.07) is 0. The molecule has 0 aromatic heterocycles. The second-order valence-electron chi connectivity index (χ2n) is 24.1. The van der Waals surface area contributed by atoms with E-state index in [9.17, 15) is 14.4 Å². The van der Waals surface area contributed by atoms with E-state index in [1.165, 1.54) is 244 Å². The van der Waals surface area contributed by atoms with Crippen molar-refractivity contribution in [1.82, 2.24) is 0 Å². The summed E-state index contributed by atoms with van der Waals surface area (Å²) in [7, 11) is 0. The maximum atomic E-state index is 12.9. The molecule has 82 heavy (non-hydrogen) atoms. The fraction of sp³-hybridized carbons (Fsp3) is 0.803. The second-order valence-corrected chi connectivity index (χ2v) is 24.1. The second kappa shape index (κ2) is 70.3. The van der Waals surface area contributed by atoms with Crippen LogP contribution in [0.5, 0.6) is 0 Å². The van der Waals surface area contributed by atoms with Crippen LogP contribution in [-0.4, -0.2) is 37.2 Å². The summed E-state index contributed by atoms with van der Waals surface area (Å²) in [5.74, 6) is -0.875. The van der Waals surface area contributed by atoms with Gasteiger partial charge in [-0.05, 0) is 116 Å². The van der Waals surface area contributed by atoms with Gasteiger partial charge < -0.3 is 14.2 Å². The predicted octanol–water partition coefficient (Wildman–Crippen LogP) is 24.8. The average molecular weight is 1150 g/mol. The van der Waals surface area contributed by atoms with Crippen LogP contribution in [0, 0.1) is 0 Å². The number of unbranched alkanes of at least 4 members (excludes halogenated alkanes) is 43. The summed E-state index contributed by atoms with van der Waals surface area (Å²) < 4.78 is 17.0. The van der Waals surface area contributed by atoms with E-state index in [4.69, 9.17) is 14.2 Å². The first-order valence-electron chi connectivity index (χ1n) is 35.9. The molecule has 0 saturated carbocycles. The van der Waals surface area contributed by atoms with Crippen molar-refractivity contribution in [1.29, 1.82) is 0 Å². The molecular weight excluding hydrogens is 1010 g/mol. The highest BCUT2D eigenvalue weighted by molar-refractivity contribution is 5.71. The number of ether oxygens (including phenoxy) is 3. The third kappa shape index (κ3) is 67.6. The SMILES string of the molecule is CCCCCC/C=C\C/C=C\CCCCCCCCCC(=O)OC(COC(=O)CCCCCCC/C=C\CCCCCCCC)COC(=O)CCCCCCCCCCCCCCCCCC/C=C\C/C=C\C/C=C\CCCCCCC. The zero-order valence-electron chi connectivity index (χ0n) is 54.8. The topological polar surface area (TPSA) is 78.9 Å². The van der Waals surface area contributed by atoms with Crippen LogP contribution in [0.4, 0.5) is 0 Å². The van der Waals surface area contributed by atoms with Gasteiger partial charge >= 0.3 is 17.9 Å². The van der Waals surface area contributed by atoms with Crippen molar-refractivity contribution in [3.8, 4) is 0 Å². The largest absolute Gasteiger partial charge is 0.462 e. The molecule has 0 fully saturated rings. The van der Waals surface area contributed by atoms with E-state index in [1.807, 2.05) is 0 Å². The Hall–Kier alpha value is -3.15. The Morgan fingerprint density at radius 1 is 0.244 bits per heavy atom. The molecule has 6 nitrogen and oxygen atoms in total. The standard InChI is InChI=1S/C76H136O6/c1-4-7-10-13-16-19-22-25-28-30-32-33-34-35-36-37-38-39-40-41-42-43-44-46-48-51-54-57-60-63-66-69-75(78)81-72-73(71-80-74(77)68-65-62-59-56-53-50-47-27-24-21-18-15-12-9-6-3)82-76(79)70-67-64-61-58-55-52-49-45-31-29-26-23-20-17-14-11-8-5-2/h20,22-23,25,27,29-32,34-35,47,73H,4-19,21,24,26,28,33,36-46,48-72H2,1-3H3/b23-20-,25-22-,31-29-,32-30-,35-34-,47-27-. The lowest BCUT2D eigenvalue weighted by atomic mass is 10.0. The Morgan fingerprint density at radius 2 is 0.439 bits per heavy atom. The summed E-state index contributed by atoms with van der Waals surface area (Å²) in [6.45, 7) is 6.64. The maximum Gasteiger partial charge on any atom is 0.306 e. The van der Waals surface area contributed by atoms with Gasteiger partial charge in [-0.3, -0.25) is 14.4 Å². The van der Waals surface area contributed by atoms with Crippen molar-refractivity contribution in [3.63, 3.8) is 0 Å². The van der Waals surface area contributed by atoms with Crippen LogP contribution in [0.2, 0.25) is 0 Å². The molecular formula is C76H136O6. The summed E-state index contributed by atoms with van der Waals surface area (Å²) >= 11 is 0. The number of allylic oxidation sites excluding steroid dienone is 12. The molecule has 0 aliphatic rings. The van der Waals surface area contributed by atoms with E-state index in [-0.39, 0.29) is 31.1 Å². The summed E-state index contributed by atoms with van der Waals surface area (Å²) in [4.78, 5) is 38.4. The van der Waals surface area contributed by atoms with Crippen molar-refractivity contribution >= 4 is 17.9 Å². The van der Waals surface area contributed by atoms with Crippen LogP contribution >= 0.6 is 0 Å². The van der Waals surface area contributed by atoms with E-state index in [0.29, 0.717) is 19.3 Å². The Morgan fingerprint density at radius 3 is 0.707 bits per heavy atom. The monoisotopic (exact) mass is 1150 g/mol. The molecule has 476 valence electrons. The zero-order chi connectivity index (χ0) is 59.2. The van der Waals surface area contributed by atoms with E-state index in [1.54, 1.807) is 0 Å². The fourth-order valence-corrected chi connectivity index (χ4v) is 10.5. The number of esters is 3. The van der Waals surface area contributed by atoms with Gasteiger partial charge in [0.15, 0.2) is 6.10 Å². The van der Waals surface area contributed by atoms with Gasteiger partial charge in [0.1, 0.15) is 13.2 Å². The molecule has 0 rings (SSSR count). The Bertz CT molecular complexity index is 1500. The van der Waals surface area contributed by atoms with Crippen LogP contribution < -0.4 is 0 Å². The number of rotatable bonds is 66. The van der Waals surface area contributed by atoms with Gasteiger partial charge in [0.05, 0.1) is 0 Å². The van der Waals surface area contributed by atoms with Crippen molar-refractivity contribution in [2.45, 2.75) is 380 Å². The van der Waals surface area contributed by atoms with Gasteiger partial charge in [0, 0.05) is 19.3 Å². The highest BCUT2D eigenvalue weighted by atomic mass is 16.6. The lowest BCUT2D eigenvalue weighted by Crippen LogP contribution is -2.30. The Labute approximate surface area is 510 Å². The minimum atomic E-state index is -0.784. The molecule has 0 amide bonds. The average Bonchev–Trinajstić information content (AvgIpc) is 3.47. The van der Waals surface area contributed by atoms with Gasteiger partial charge in [-0.2, -0.15) is 0 Å². The van der Waals surface area contributed by atoms with Crippen LogP contribution in [0.15, 0.2) is 72.9 Å². The maximum absolute atomic E-state index is 12.9. The minimum Gasteiger partial charge on any atom is -0.462 e. The van der Waals surface area contributed by atoms with Crippen LogP contribution in [-0.2, 0) is 28.6 Å². The predicted molar refractivity (Wildman–Crippen MR) is 358 cm³/mol. The molecule has 0 aromatic rings. The first-order valence-corrected chi connectivity index (χ1v) is 35.9. The molecule has 1 unspecified atom stereocenters. The third-order valence-corrected chi connectivity index (χ3v) is 15.9. The van der Waals surface area contributed by atoms with Gasteiger partial charge in [-0.15, -0.1) is 0 Å². The number of carbonyl (C=O) groups excluding carboxylic acids is 3. The third-order valence-electron chi connectivity index (χ3n) is 15.9. The smallest absolute Gasteiger partial charge is 0.306 e. The molecule has 1 atom stereocenters. The number of hydrogen-bond acceptors (Lipinski definition) is 6. The molecule has 0 spiro atoms. The molecule has 0 bridgehead atoms. The van der Waals surface area contributed by atoms with Gasteiger partial charge in [-0.25, -0.2) is 0 Å². The van der Waals surface area contributed by atoms with Crippen LogP contribution in [0.1, 0.15) is 374 Å². The summed E-state index contributed by atoms with van der Waals surface area (Å²) in [6.07, 6.45) is 92.2. The number of hydrogen-bond donors (Lipinski definition) is 0. The quantitative estimate of drug-likeness (QED) is 0.0261. The molecule has 0 aromatic carbocycles.